The quantitative estimate of drug-likeness (QED) is 0.817. The molecule has 100 valence electrons. The first-order valence-electron chi connectivity index (χ1n) is 7.51. The van der Waals surface area contributed by atoms with Crippen molar-refractivity contribution in [2.75, 3.05) is 6.54 Å². The lowest BCUT2D eigenvalue weighted by atomic mass is 9.83. The zero-order valence-electron chi connectivity index (χ0n) is 12.1. The van der Waals surface area contributed by atoms with E-state index in [1.165, 1.54) is 49.8 Å². The Labute approximate surface area is 112 Å². The minimum atomic E-state index is 0.266. The summed E-state index contributed by atoms with van der Waals surface area (Å²) in [6.45, 7) is 8.05. The Morgan fingerprint density at radius 1 is 1.33 bits per heavy atom. The molecular formula is C17H27N. The van der Waals surface area contributed by atoms with Gasteiger partial charge in [0.15, 0.2) is 0 Å². The Balaban J connectivity index is 2.25. The van der Waals surface area contributed by atoms with Crippen LogP contribution in [0.3, 0.4) is 0 Å². The summed E-state index contributed by atoms with van der Waals surface area (Å²) in [5.41, 5.74) is 3.27. The third-order valence-electron chi connectivity index (χ3n) is 4.04. The number of benzene rings is 1. The third-order valence-corrected chi connectivity index (χ3v) is 4.04. The minimum Gasteiger partial charge on any atom is -0.307 e. The average Bonchev–Trinajstić information content (AvgIpc) is 2.79. The first-order valence-corrected chi connectivity index (χ1v) is 7.51. The maximum Gasteiger partial charge on any atom is 0.0435 e. The number of hydrogen-bond acceptors (Lipinski definition) is 1. The SMILES string of the molecule is CCCC1(c2cccc(CC(C)C)c2)CCCN1. The first-order chi connectivity index (χ1) is 8.66. The van der Waals surface area contributed by atoms with Crippen LogP contribution in [0, 0.1) is 5.92 Å². The van der Waals surface area contributed by atoms with E-state index in [1.807, 2.05) is 0 Å². The van der Waals surface area contributed by atoms with Gasteiger partial charge in [-0.25, -0.2) is 0 Å². The van der Waals surface area contributed by atoms with Crippen LogP contribution in [0.5, 0.6) is 0 Å². The predicted molar refractivity (Wildman–Crippen MR) is 78.8 cm³/mol. The molecule has 0 radical (unpaired) electrons. The molecule has 0 bridgehead atoms. The summed E-state index contributed by atoms with van der Waals surface area (Å²) in [5.74, 6) is 0.735. The zero-order valence-corrected chi connectivity index (χ0v) is 12.1. The molecule has 0 saturated carbocycles. The van der Waals surface area contributed by atoms with Crippen molar-refractivity contribution in [1.82, 2.24) is 5.32 Å². The summed E-state index contributed by atoms with van der Waals surface area (Å²) in [7, 11) is 0. The fourth-order valence-electron chi connectivity index (χ4n) is 3.30. The molecule has 1 fully saturated rings. The van der Waals surface area contributed by atoms with Crippen molar-refractivity contribution in [3.8, 4) is 0 Å². The smallest absolute Gasteiger partial charge is 0.0435 e. The van der Waals surface area contributed by atoms with Crippen molar-refractivity contribution in [3.05, 3.63) is 35.4 Å². The van der Waals surface area contributed by atoms with Crippen LogP contribution in [-0.4, -0.2) is 6.54 Å². The Morgan fingerprint density at radius 2 is 2.17 bits per heavy atom. The monoisotopic (exact) mass is 245 g/mol. The van der Waals surface area contributed by atoms with E-state index in [4.69, 9.17) is 0 Å². The lowest BCUT2D eigenvalue weighted by Crippen LogP contribution is -2.36. The van der Waals surface area contributed by atoms with E-state index in [-0.39, 0.29) is 5.54 Å². The maximum atomic E-state index is 3.77. The highest BCUT2D eigenvalue weighted by atomic mass is 15.0. The summed E-state index contributed by atoms with van der Waals surface area (Å²) in [4.78, 5) is 0. The summed E-state index contributed by atoms with van der Waals surface area (Å²) >= 11 is 0. The maximum absolute atomic E-state index is 3.77. The van der Waals surface area contributed by atoms with E-state index in [0.717, 1.165) is 5.92 Å². The van der Waals surface area contributed by atoms with Crippen LogP contribution >= 0.6 is 0 Å². The third kappa shape index (κ3) is 2.95. The van der Waals surface area contributed by atoms with Crippen molar-refractivity contribution < 1.29 is 0 Å². The van der Waals surface area contributed by atoms with Gasteiger partial charge in [0.25, 0.3) is 0 Å². The molecule has 18 heavy (non-hydrogen) atoms. The number of hydrogen-bond donors (Lipinski definition) is 1. The first kappa shape index (κ1) is 13.6. The van der Waals surface area contributed by atoms with E-state index in [9.17, 15) is 0 Å². The molecule has 1 N–H and O–H groups in total. The van der Waals surface area contributed by atoms with Crippen LogP contribution in [-0.2, 0) is 12.0 Å². The molecule has 1 aromatic carbocycles. The Bertz CT molecular complexity index is 375. The molecule has 1 atom stereocenters. The fraction of sp³-hybridized carbons (Fsp3) is 0.647. The van der Waals surface area contributed by atoms with E-state index in [0.29, 0.717) is 0 Å². The van der Waals surface area contributed by atoms with Crippen molar-refractivity contribution in [2.45, 2.75) is 58.4 Å². The van der Waals surface area contributed by atoms with Crippen LogP contribution in [0.1, 0.15) is 57.6 Å². The molecule has 1 saturated heterocycles. The Kier molecular flexibility index (Phi) is 4.45. The van der Waals surface area contributed by atoms with E-state index in [1.54, 1.807) is 0 Å². The van der Waals surface area contributed by atoms with Crippen LogP contribution in [0.4, 0.5) is 0 Å². The highest BCUT2D eigenvalue weighted by molar-refractivity contribution is 5.31. The molecule has 2 rings (SSSR count). The summed E-state index contributed by atoms with van der Waals surface area (Å²) in [6, 6.07) is 9.27. The van der Waals surface area contributed by atoms with E-state index >= 15 is 0 Å². The largest absolute Gasteiger partial charge is 0.307 e. The Hall–Kier alpha value is -0.820. The van der Waals surface area contributed by atoms with E-state index < -0.39 is 0 Å². The number of nitrogens with one attached hydrogen (secondary N) is 1. The van der Waals surface area contributed by atoms with Gasteiger partial charge in [-0.1, -0.05) is 51.5 Å². The van der Waals surface area contributed by atoms with Gasteiger partial charge in [0, 0.05) is 5.54 Å². The van der Waals surface area contributed by atoms with Gasteiger partial charge in [-0.05, 0) is 49.3 Å². The van der Waals surface area contributed by atoms with Gasteiger partial charge in [0.2, 0.25) is 0 Å². The normalized spacial score (nSPS) is 23.8. The zero-order chi connectivity index (χ0) is 13.0. The van der Waals surface area contributed by atoms with Crippen LogP contribution in [0.25, 0.3) is 0 Å². The van der Waals surface area contributed by atoms with Gasteiger partial charge in [-0.15, -0.1) is 0 Å². The summed E-state index contributed by atoms with van der Waals surface area (Å²) in [5, 5.41) is 3.77. The number of rotatable bonds is 5. The van der Waals surface area contributed by atoms with Crippen molar-refractivity contribution in [1.29, 1.82) is 0 Å². The molecule has 0 aliphatic carbocycles. The molecule has 0 amide bonds. The van der Waals surface area contributed by atoms with E-state index in [2.05, 4.69) is 50.4 Å². The van der Waals surface area contributed by atoms with Gasteiger partial charge in [-0.2, -0.15) is 0 Å². The highest BCUT2D eigenvalue weighted by Gasteiger charge is 2.34. The molecule has 1 heteroatoms. The van der Waals surface area contributed by atoms with Gasteiger partial charge in [0.1, 0.15) is 0 Å². The minimum absolute atomic E-state index is 0.266. The van der Waals surface area contributed by atoms with Gasteiger partial charge in [-0.3, -0.25) is 0 Å². The predicted octanol–water partition coefficient (Wildman–Crippen LogP) is 4.26. The second kappa shape index (κ2) is 5.88. The molecule has 1 unspecified atom stereocenters. The molecule has 1 aliphatic rings. The van der Waals surface area contributed by atoms with Crippen LogP contribution in [0.15, 0.2) is 24.3 Å². The van der Waals surface area contributed by atoms with Crippen LogP contribution in [0.2, 0.25) is 0 Å². The molecule has 1 nitrogen and oxygen atoms in total. The van der Waals surface area contributed by atoms with Gasteiger partial charge >= 0.3 is 0 Å². The topological polar surface area (TPSA) is 12.0 Å². The lowest BCUT2D eigenvalue weighted by Gasteiger charge is -2.30. The molecule has 0 spiro atoms. The lowest BCUT2D eigenvalue weighted by molar-refractivity contribution is 0.355. The fourth-order valence-corrected chi connectivity index (χ4v) is 3.30. The van der Waals surface area contributed by atoms with Gasteiger partial charge < -0.3 is 5.32 Å². The molecule has 1 heterocycles. The summed E-state index contributed by atoms with van der Waals surface area (Å²) in [6.07, 6.45) is 6.32. The van der Waals surface area contributed by atoms with Crippen LogP contribution < -0.4 is 5.32 Å². The standard InChI is InChI=1S/C17H27N/c1-4-9-17(10-6-11-18-17)16-8-5-7-15(13-16)12-14(2)3/h5,7-8,13-14,18H,4,6,9-12H2,1-3H3. The van der Waals surface area contributed by atoms with Crippen molar-refractivity contribution in [3.63, 3.8) is 0 Å². The molecule has 1 aliphatic heterocycles. The summed E-state index contributed by atoms with van der Waals surface area (Å²) < 4.78 is 0. The van der Waals surface area contributed by atoms with Gasteiger partial charge in [0.05, 0.1) is 0 Å². The Morgan fingerprint density at radius 3 is 2.78 bits per heavy atom. The van der Waals surface area contributed by atoms with Crippen molar-refractivity contribution in [2.24, 2.45) is 5.92 Å². The molecule has 1 aromatic rings. The molecule has 0 aromatic heterocycles. The average molecular weight is 245 g/mol. The molecular weight excluding hydrogens is 218 g/mol. The second-order valence-corrected chi connectivity index (χ2v) is 6.16. The van der Waals surface area contributed by atoms with Crippen molar-refractivity contribution >= 4 is 0 Å². The highest BCUT2D eigenvalue weighted by Crippen LogP contribution is 2.35. The second-order valence-electron chi connectivity index (χ2n) is 6.16.